The maximum atomic E-state index is 12.9. The molecule has 1 fully saturated rings. The first-order chi connectivity index (χ1) is 18.5. The summed E-state index contributed by atoms with van der Waals surface area (Å²) in [6.07, 6.45) is 1.48. The number of para-hydroxylation sites is 2. The summed E-state index contributed by atoms with van der Waals surface area (Å²) >= 11 is 0.810. The average Bonchev–Trinajstić information content (AvgIpc) is 3.21. The highest BCUT2D eigenvalue weighted by Crippen LogP contribution is 2.35. The molecule has 1 aliphatic heterocycles. The van der Waals surface area contributed by atoms with Crippen LogP contribution in [0, 0.1) is 0 Å². The van der Waals surface area contributed by atoms with E-state index < -0.39 is 11.1 Å². The maximum absolute atomic E-state index is 12.9. The van der Waals surface area contributed by atoms with Gasteiger partial charge in [0.25, 0.3) is 11.1 Å². The fourth-order valence-corrected chi connectivity index (χ4v) is 4.80. The number of imide groups is 1. The van der Waals surface area contributed by atoms with Crippen molar-refractivity contribution in [3.63, 3.8) is 0 Å². The molecule has 1 N–H and O–H groups in total. The molecule has 0 atom stereocenters. The first kappa shape index (κ1) is 25.0. The zero-order valence-corrected chi connectivity index (χ0v) is 21.2. The SMILES string of the molecule is COc1ccccc1OCCN1C(=O)S/C(=C\c2cc(N=Nc3cccc4ccccc34)ccc2O)C1=O. The minimum absolute atomic E-state index is 0.0413. The van der Waals surface area contributed by atoms with Gasteiger partial charge in [-0.1, -0.05) is 48.5 Å². The topological polar surface area (TPSA) is 101 Å². The van der Waals surface area contributed by atoms with E-state index in [2.05, 4.69) is 10.2 Å². The van der Waals surface area contributed by atoms with Crippen molar-refractivity contribution in [1.82, 2.24) is 4.90 Å². The number of hydrogen-bond acceptors (Lipinski definition) is 8. The van der Waals surface area contributed by atoms with E-state index in [-0.39, 0.29) is 23.8 Å². The number of fused-ring (bicyclic) bond motifs is 1. The number of nitrogens with zero attached hydrogens (tertiary/aromatic N) is 3. The molecule has 0 bridgehead atoms. The van der Waals surface area contributed by atoms with Gasteiger partial charge in [-0.25, -0.2) is 0 Å². The molecule has 0 radical (unpaired) electrons. The Bertz CT molecular complexity index is 1580. The lowest BCUT2D eigenvalue weighted by atomic mass is 10.1. The quantitative estimate of drug-likeness (QED) is 0.195. The fraction of sp³-hybridized carbons (Fsp3) is 0.103. The minimum atomic E-state index is -0.453. The van der Waals surface area contributed by atoms with Gasteiger partial charge in [0, 0.05) is 10.9 Å². The second-order valence-electron chi connectivity index (χ2n) is 8.27. The Labute approximate surface area is 223 Å². The van der Waals surface area contributed by atoms with Crippen LogP contribution in [0.25, 0.3) is 16.8 Å². The minimum Gasteiger partial charge on any atom is -0.507 e. The Morgan fingerprint density at radius 3 is 2.53 bits per heavy atom. The molecule has 190 valence electrons. The Morgan fingerprint density at radius 2 is 1.68 bits per heavy atom. The van der Waals surface area contributed by atoms with Crippen LogP contribution in [-0.2, 0) is 4.79 Å². The highest BCUT2D eigenvalue weighted by atomic mass is 32.2. The van der Waals surface area contributed by atoms with Gasteiger partial charge in [-0.2, -0.15) is 5.11 Å². The van der Waals surface area contributed by atoms with Gasteiger partial charge in [-0.05, 0) is 59.6 Å². The van der Waals surface area contributed by atoms with E-state index in [4.69, 9.17) is 9.47 Å². The summed E-state index contributed by atoms with van der Waals surface area (Å²) in [5.41, 5.74) is 1.57. The molecular formula is C29H23N3O5S. The van der Waals surface area contributed by atoms with Crippen LogP contribution in [0.5, 0.6) is 17.2 Å². The number of carbonyl (C=O) groups is 2. The van der Waals surface area contributed by atoms with Crippen molar-refractivity contribution in [2.24, 2.45) is 10.2 Å². The number of carbonyl (C=O) groups excluding carboxylic acids is 2. The highest BCUT2D eigenvalue weighted by Gasteiger charge is 2.35. The lowest BCUT2D eigenvalue weighted by molar-refractivity contribution is -0.123. The van der Waals surface area contributed by atoms with E-state index >= 15 is 0 Å². The van der Waals surface area contributed by atoms with Crippen molar-refractivity contribution in [3.8, 4) is 17.2 Å². The number of benzene rings is 4. The molecule has 4 aromatic rings. The van der Waals surface area contributed by atoms with E-state index in [1.165, 1.54) is 12.1 Å². The van der Waals surface area contributed by atoms with E-state index in [0.717, 1.165) is 27.4 Å². The molecule has 38 heavy (non-hydrogen) atoms. The smallest absolute Gasteiger partial charge is 0.293 e. The molecule has 0 saturated carbocycles. The van der Waals surface area contributed by atoms with Crippen molar-refractivity contribution in [2.75, 3.05) is 20.3 Å². The lowest BCUT2D eigenvalue weighted by Gasteiger charge is -2.14. The number of methoxy groups -OCH3 is 1. The zero-order valence-electron chi connectivity index (χ0n) is 20.4. The normalized spacial score (nSPS) is 14.7. The van der Waals surface area contributed by atoms with E-state index in [1.54, 1.807) is 31.4 Å². The Kier molecular flexibility index (Phi) is 7.37. The molecular weight excluding hydrogens is 502 g/mol. The summed E-state index contributed by atoms with van der Waals surface area (Å²) in [6, 6.07) is 25.5. The van der Waals surface area contributed by atoms with Crippen molar-refractivity contribution < 1.29 is 24.2 Å². The molecule has 8 nitrogen and oxygen atoms in total. The molecule has 1 heterocycles. The Balaban J connectivity index is 1.30. The van der Waals surface area contributed by atoms with Crippen LogP contribution in [0.3, 0.4) is 0 Å². The number of hydrogen-bond donors (Lipinski definition) is 1. The number of phenols is 1. The van der Waals surface area contributed by atoms with Crippen molar-refractivity contribution in [2.45, 2.75) is 0 Å². The van der Waals surface area contributed by atoms with Crippen molar-refractivity contribution >= 4 is 51.1 Å². The lowest BCUT2D eigenvalue weighted by Crippen LogP contribution is -2.32. The predicted molar refractivity (Wildman–Crippen MR) is 147 cm³/mol. The first-order valence-electron chi connectivity index (χ1n) is 11.8. The fourth-order valence-electron chi connectivity index (χ4n) is 3.95. The second kappa shape index (κ2) is 11.2. The van der Waals surface area contributed by atoms with Crippen LogP contribution in [0.15, 0.2) is 100 Å². The number of amides is 2. The maximum Gasteiger partial charge on any atom is 0.293 e. The monoisotopic (exact) mass is 525 g/mol. The first-order valence-corrected chi connectivity index (χ1v) is 12.6. The van der Waals surface area contributed by atoms with Gasteiger partial charge < -0.3 is 14.6 Å². The second-order valence-corrected chi connectivity index (χ2v) is 9.27. The summed E-state index contributed by atoms with van der Waals surface area (Å²) in [7, 11) is 1.54. The number of aromatic hydroxyl groups is 1. The molecule has 9 heteroatoms. The van der Waals surface area contributed by atoms with E-state index in [1.807, 2.05) is 54.6 Å². The van der Waals surface area contributed by atoms with Crippen LogP contribution >= 0.6 is 11.8 Å². The van der Waals surface area contributed by atoms with Gasteiger partial charge in [0.05, 0.1) is 29.9 Å². The molecule has 0 unspecified atom stereocenters. The van der Waals surface area contributed by atoms with Gasteiger partial charge in [-0.15, -0.1) is 5.11 Å². The molecule has 0 spiro atoms. The van der Waals surface area contributed by atoms with Crippen LogP contribution in [0.1, 0.15) is 5.56 Å². The summed E-state index contributed by atoms with van der Waals surface area (Å²) < 4.78 is 11.0. The van der Waals surface area contributed by atoms with Crippen LogP contribution in [0.4, 0.5) is 16.2 Å². The van der Waals surface area contributed by atoms with Gasteiger partial charge in [0.2, 0.25) is 0 Å². The van der Waals surface area contributed by atoms with Crippen LogP contribution in [0.2, 0.25) is 0 Å². The average molecular weight is 526 g/mol. The summed E-state index contributed by atoms with van der Waals surface area (Å²) in [5, 5.41) is 20.7. The number of rotatable bonds is 8. The van der Waals surface area contributed by atoms with Gasteiger partial charge in [-0.3, -0.25) is 14.5 Å². The van der Waals surface area contributed by atoms with Gasteiger partial charge in [0.1, 0.15) is 12.4 Å². The number of ether oxygens (including phenoxy) is 2. The zero-order chi connectivity index (χ0) is 26.5. The van der Waals surface area contributed by atoms with Crippen LogP contribution in [-0.4, -0.2) is 41.4 Å². The molecule has 0 aliphatic carbocycles. The van der Waals surface area contributed by atoms with E-state index in [9.17, 15) is 14.7 Å². The third-order valence-corrected chi connectivity index (χ3v) is 6.76. The third kappa shape index (κ3) is 5.37. The van der Waals surface area contributed by atoms with Crippen molar-refractivity contribution in [1.29, 1.82) is 0 Å². The molecule has 1 aliphatic rings. The highest BCUT2D eigenvalue weighted by molar-refractivity contribution is 8.18. The number of thioether (sulfide) groups is 1. The standard InChI is InChI=1S/C29H23N3O5S/c1-36-25-11-4-5-12-26(25)37-16-15-32-28(34)27(38-29(32)35)18-20-17-21(13-14-24(20)33)30-31-23-10-6-8-19-7-2-3-9-22(19)23/h2-14,17-18,33H,15-16H2,1H3/b27-18-,31-30?. The molecule has 2 amide bonds. The Morgan fingerprint density at radius 1 is 0.921 bits per heavy atom. The summed E-state index contributed by atoms with van der Waals surface area (Å²) in [5.74, 6) is 0.595. The summed E-state index contributed by atoms with van der Waals surface area (Å²) in [4.78, 5) is 26.8. The number of azo groups is 1. The van der Waals surface area contributed by atoms with Gasteiger partial charge in [0.15, 0.2) is 11.5 Å². The molecule has 1 saturated heterocycles. The largest absolute Gasteiger partial charge is 0.507 e. The van der Waals surface area contributed by atoms with Crippen LogP contribution < -0.4 is 9.47 Å². The van der Waals surface area contributed by atoms with E-state index in [0.29, 0.717) is 28.4 Å². The van der Waals surface area contributed by atoms with Gasteiger partial charge >= 0.3 is 0 Å². The molecule has 0 aromatic heterocycles. The summed E-state index contributed by atoms with van der Waals surface area (Å²) in [6.45, 7) is 0.187. The van der Waals surface area contributed by atoms with Crippen molar-refractivity contribution in [3.05, 3.63) is 95.4 Å². The molecule has 5 rings (SSSR count). The predicted octanol–water partition coefficient (Wildman–Crippen LogP) is 7.08. The molecule has 4 aromatic carbocycles. The number of phenolic OH excluding ortho intramolecular Hbond substituents is 1. The Hall–Kier alpha value is -4.63. The third-order valence-electron chi connectivity index (χ3n) is 5.85.